The van der Waals surface area contributed by atoms with Crippen LogP contribution in [0.25, 0.3) is 0 Å². The van der Waals surface area contributed by atoms with Crippen LogP contribution in [0.15, 0.2) is 36.5 Å². The highest BCUT2D eigenvalue weighted by molar-refractivity contribution is 6.33. The van der Waals surface area contributed by atoms with Gasteiger partial charge in [0.05, 0.1) is 17.7 Å². The molecule has 98 valence electrons. The Kier molecular flexibility index (Phi) is 4.02. The molecule has 0 bridgehead atoms. The Bertz CT molecular complexity index is 614. The van der Waals surface area contributed by atoms with Gasteiger partial charge in [0, 0.05) is 6.20 Å². The molecule has 19 heavy (non-hydrogen) atoms. The summed E-state index contributed by atoms with van der Waals surface area (Å²) in [6, 6.07) is 8.75. The molecule has 0 fully saturated rings. The molecule has 1 amide bonds. The second-order valence-corrected chi connectivity index (χ2v) is 4.40. The SMILES string of the molecule is COc1ccc(C)cc1C(=O)Nc1ncccc1Cl. The number of amides is 1. The third kappa shape index (κ3) is 3.03. The first-order valence-electron chi connectivity index (χ1n) is 5.68. The van der Waals surface area contributed by atoms with Crippen LogP contribution in [0.3, 0.4) is 0 Å². The predicted molar refractivity (Wildman–Crippen MR) is 74.9 cm³/mol. The number of ether oxygens (including phenoxy) is 1. The Balaban J connectivity index is 2.30. The summed E-state index contributed by atoms with van der Waals surface area (Å²) in [6.07, 6.45) is 1.56. The van der Waals surface area contributed by atoms with Gasteiger partial charge in [-0.25, -0.2) is 4.98 Å². The zero-order valence-electron chi connectivity index (χ0n) is 10.6. The lowest BCUT2D eigenvalue weighted by Gasteiger charge is -2.10. The van der Waals surface area contributed by atoms with E-state index in [4.69, 9.17) is 16.3 Å². The van der Waals surface area contributed by atoms with Crippen LogP contribution in [0.2, 0.25) is 5.02 Å². The zero-order chi connectivity index (χ0) is 13.8. The molecule has 1 aromatic carbocycles. The summed E-state index contributed by atoms with van der Waals surface area (Å²) in [7, 11) is 1.52. The van der Waals surface area contributed by atoms with Crippen molar-refractivity contribution in [3.8, 4) is 5.75 Å². The summed E-state index contributed by atoms with van der Waals surface area (Å²) in [6.45, 7) is 1.91. The van der Waals surface area contributed by atoms with Gasteiger partial charge in [-0.05, 0) is 31.2 Å². The number of carbonyl (C=O) groups is 1. The monoisotopic (exact) mass is 276 g/mol. The molecule has 1 aromatic heterocycles. The lowest BCUT2D eigenvalue weighted by atomic mass is 10.1. The Morgan fingerprint density at radius 1 is 1.37 bits per heavy atom. The number of benzene rings is 1. The number of aromatic nitrogens is 1. The van der Waals surface area contributed by atoms with E-state index in [1.807, 2.05) is 13.0 Å². The highest BCUT2D eigenvalue weighted by atomic mass is 35.5. The molecule has 0 aliphatic heterocycles. The summed E-state index contributed by atoms with van der Waals surface area (Å²) in [5, 5.41) is 3.06. The number of halogens is 1. The number of methoxy groups -OCH3 is 1. The van der Waals surface area contributed by atoms with Crippen molar-refractivity contribution in [1.29, 1.82) is 0 Å². The first-order chi connectivity index (χ1) is 9.11. The summed E-state index contributed by atoms with van der Waals surface area (Å²) in [4.78, 5) is 16.2. The average Bonchev–Trinajstić information content (AvgIpc) is 2.41. The van der Waals surface area contributed by atoms with E-state index in [0.29, 0.717) is 22.2 Å². The summed E-state index contributed by atoms with van der Waals surface area (Å²) in [5.74, 6) is 0.536. The molecule has 2 rings (SSSR count). The van der Waals surface area contributed by atoms with Crippen molar-refractivity contribution in [3.63, 3.8) is 0 Å². The van der Waals surface area contributed by atoms with Gasteiger partial charge in [-0.15, -0.1) is 0 Å². The van der Waals surface area contributed by atoms with Crippen LogP contribution in [-0.2, 0) is 0 Å². The van der Waals surface area contributed by atoms with Crippen LogP contribution in [-0.4, -0.2) is 18.0 Å². The maximum Gasteiger partial charge on any atom is 0.260 e. The fourth-order valence-corrected chi connectivity index (χ4v) is 1.82. The van der Waals surface area contributed by atoms with E-state index >= 15 is 0 Å². The van der Waals surface area contributed by atoms with Gasteiger partial charge in [-0.3, -0.25) is 4.79 Å². The van der Waals surface area contributed by atoms with Crippen molar-refractivity contribution >= 4 is 23.3 Å². The minimum atomic E-state index is -0.304. The maximum atomic E-state index is 12.2. The number of anilines is 1. The van der Waals surface area contributed by atoms with Gasteiger partial charge in [-0.2, -0.15) is 0 Å². The molecule has 0 saturated heterocycles. The van der Waals surface area contributed by atoms with E-state index in [1.165, 1.54) is 7.11 Å². The number of nitrogens with zero attached hydrogens (tertiary/aromatic N) is 1. The van der Waals surface area contributed by atoms with Gasteiger partial charge in [0.25, 0.3) is 5.91 Å². The molecule has 0 radical (unpaired) electrons. The van der Waals surface area contributed by atoms with E-state index < -0.39 is 0 Å². The predicted octanol–water partition coefficient (Wildman–Crippen LogP) is 3.30. The molecule has 1 N–H and O–H groups in total. The Morgan fingerprint density at radius 3 is 2.84 bits per heavy atom. The molecule has 0 unspecified atom stereocenters. The molecule has 0 aliphatic rings. The largest absolute Gasteiger partial charge is 0.496 e. The number of hydrogen-bond donors (Lipinski definition) is 1. The Labute approximate surface area is 116 Å². The second-order valence-electron chi connectivity index (χ2n) is 3.99. The standard InChI is InChI=1S/C14H13ClN2O2/c1-9-5-6-12(19-2)10(8-9)14(18)17-13-11(15)4-3-7-16-13/h3-8H,1-2H3,(H,16,17,18). The molecule has 0 aliphatic carbocycles. The molecule has 5 heteroatoms. The van der Waals surface area contributed by atoms with E-state index in [9.17, 15) is 4.79 Å². The minimum absolute atomic E-state index is 0.304. The van der Waals surface area contributed by atoms with E-state index in [-0.39, 0.29) is 5.91 Å². The average molecular weight is 277 g/mol. The molecule has 0 atom stereocenters. The van der Waals surface area contributed by atoms with Crippen LogP contribution < -0.4 is 10.1 Å². The molecular weight excluding hydrogens is 264 g/mol. The third-order valence-corrected chi connectivity index (χ3v) is 2.90. The van der Waals surface area contributed by atoms with Crippen molar-refractivity contribution < 1.29 is 9.53 Å². The number of rotatable bonds is 3. The molecule has 4 nitrogen and oxygen atoms in total. The van der Waals surface area contributed by atoms with Gasteiger partial charge < -0.3 is 10.1 Å². The summed E-state index contributed by atoms with van der Waals surface area (Å²) in [5.41, 5.74) is 1.42. The second kappa shape index (κ2) is 5.71. The summed E-state index contributed by atoms with van der Waals surface area (Å²) < 4.78 is 5.18. The number of aryl methyl sites for hydroxylation is 1. The fraction of sp³-hybridized carbons (Fsp3) is 0.143. The normalized spacial score (nSPS) is 10.1. The lowest BCUT2D eigenvalue weighted by molar-refractivity contribution is 0.102. The Morgan fingerprint density at radius 2 is 2.16 bits per heavy atom. The van der Waals surface area contributed by atoms with Crippen LogP contribution in [0, 0.1) is 6.92 Å². The molecule has 2 aromatic rings. The highest BCUT2D eigenvalue weighted by Gasteiger charge is 2.14. The quantitative estimate of drug-likeness (QED) is 0.936. The van der Waals surface area contributed by atoms with Gasteiger partial charge in [0.2, 0.25) is 0 Å². The number of hydrogen-bond acceptors (Lipinski definition) is 3. The first kappa shape index (κ1) is 13.4. The highest BCUT2D eigenvalue weighted by Crippen LogP contribution is 2.23. The smallest absolute Gasteiger partial charge is 0.260 e. The number of carbonyl (C=O) groups excluding carboxylic acids is 1. The molecule has 0 spiro atoms. The van der Waals surface area contributed by atoms with Gasteiger partial charge >= 0.3 is 0 Å². The van der Waals surface area contributed by atoms with Gasteiger partial charge in [0.15, 0.2) is 5.82 Å². The molecule has 0 saturated carbocycles. The van der Waals surface area contributed by atoms with Gasteiger partial charge in [0.1, 0.15) is 5.75 Å². The number of nitrogens with one attached hydrogen (secondary N) is 1. The van der Waals surface area contributed by atoms with E-state index in [1.54, 1.807) is 30.5 Å². The first-order valence-corrected chi connectivity index (χ1v) is 6.06. The minimum Gasteiger partial charge on any atom is -0.496 e. The maximum absolute atomic E-state index is 12.2. The number of pyridine rings is 1. The lowest BCUT2D eigenvalue weighted by Crippen LogP contribution is -2.14. The van der Waals surface area contributed by atoms with Crippen molar-refractivity contribution in [2.75, 3.05) is 12.4 Å². The van der Waals surface area contributed by atoms with E-state index in [2.05, 4.69) is 10.3 Å². The van der Waals surface area contributed by atoms with Crippen LogP contribution in [0.5, 0.6) is 5.75 Å². The van der Waals surface area contributed by atoms with Crippen LogP contribution >= 0.6 is 11.6 Å². The van der Waals surface area contributed by atoms with Crippen molar-refractivity contribution in [2.24, 2.45) is 0 Å². The third-order valence-electron chi connectivity index (χ3n) is 2.59. The molecular formula is C14H13ClN2O2. The van der Waals surface area contributed by atoms with Crippen molar-refractivity contribution in [3.05, 3.63) is 52.7 Å². The topological polar surface area (TPSA) is 51.2 Å². The van der Waals surface area contributed by atoms with E-state index in [0.717, 1.165) is 5.56 Å². The molecule has 1 heterocycles. The Hall–Kier alpha value is -2.07. The van der Waals surface area contributed by atoms with Crippen molar-refractivity contribution in [1.82, 2.24) is 4.98 Å². The van der Waals surface area contributed by atoms with Crippen LogP contribution in [0.4, 0.5) is 5.82 Å². The summed E-state index contributed by atoms with van der Waals surface area (Å²) >= 11 is 5.95. The van der Waals surface area contributed by atoms with Crippen molar-refractivity contribution in [2.45, 2.75) is 6.92 Å². The zero-order valence-corrected chi connectivity index (χ0v) is 11.4. The fourth-order valence-electron chi connectivity index (χ4n) is 1.65. The van der Waals surface area contributed by atoms with Crippen LogP contribution in [0.1, 0.15) is 15.9 Å². The van der Waals surface area contributed by atoms with Gasteiger partial charge in [-0.1, -0.05) is 23.2 Å².